The molecule has 2 nitrogen and oxygen atoms in total. The Kier molecular flexibility index (Phi) is 4.43. The molecular formula is C24H17FO2. The summed E-state index contributed by atoms with van der Waals surface area (Å²) < 4.78 is 19.2. The molecule has 0 unspecified atom stereocenters. The first-order valence-corrected chi connectivity index (χ1v) is 8.68. The molecule has 0 fully saturated rings. The summed E-state index contributed by atoms with van der Waals surface area (Å²) in [6.45, 7) is 1.99. The fourth-order valence-electron chi connectivity index (χ4n) is 2.98. The molecular weight excluding hydrogens is 339 g/mol. The van der Waals surface area contributed by atoms with E-state index in [1.165, 1.54) is 12.1 Å². The molecule has 1 aliphatic rings. The van der Waals surface area contributed by atoms with E-state index in [9.17, 15) is 9.18 Å². The van der Waals surface area contributed by atoms with Crippen LogP contribution < -0.4 is 4.74 Å². The van der Waals surface area contributed by atoms with E-state index in [1.807, 2.05) is 61.5 Å². The number of carbonyl (C=O) groups excluding carboxylic acids is 1. The van der Waals surface area contributed by atoms with Crippen LogP contribution in [-0.4, -0.2) is 5.78 Å². The maximum Gasteiger partial charge on any atom is 0.186 e. The number of rotatable bonds is 3. The van der Waals surface area contributed by atoms with Crippen LogP contribution in [0.25, 0.3) is 11.3 Å². The summed E-state index contributed by atoms with van der Waals surface area (Å²) in [6, 6.07) is 21.2. The Bertz CT molecular complexity index is 1060. The molecule has 0 bridgehead atoms. The van der Waals surface area contributed by atoms with E-state index in [4.69, 9.17) is 4.74 Å². The molecule has 3 heteroatoms. The van der Waals surface area contributed by atoms with E-state index in [0.29, 0.717) is 17.1 Å². The highest BCUT2D eigenvalue weighted by molar-refractivity contribution is 6.10. The summed E-state index contributed by atoms with van der Waals surface area (Å²) in [5, 5.41) is 0. The van der Waals surface area contributed by atoms with Gasteiger partial charge in [-0.1, -0.05) is 48.0 Å². The van der Waals surface area contributed by atoms with Crippen LogP contribution in [0.4, 0.5) is 4.39 Å². The number of hydrogen-bond donors (Lipinski definition) is 0. The van der Waals surface area contributed by atoms with E-state index in [-0.39, 0.29) is 11.6 Å². The Hall–Kier alpha value is -3.46. The van der Waals surface area contributed by atoms with E-state index in [0.717, 1.165) is 22.3 Å². The lowest BCUT2D eigenvalue weighted by Gasteiger charge is -2.20. The monoisotopic (exact) mass is 356 g/mol. The maximum absolute atomic E-state index is 13.2. The third kappa shape index (κ3) is 3.58. The lowest BCUT2D eigenvalue weighted by molar-refractivity contribution is 0.104. The van der Waals surface area contributed by atoms with Gasteiger partial charge in [-0.2, -0.15) is 0 Å². The van der Waals surface area contributed by atoms with Crippen molar-refractivity contribution in [3.63, 3.8) is 0 Å². The summed E-state index contributed by atoms with van der Waals surface area (Å²) in [6.07, 6.45) is 3.44. The molecule has 0 spiro atoms. The Labute approximate surface area is 157 Å². The molecule has 0 aliphatic carbocycles. The van der Waals surface area contributed by atoms with Crippen molar-refractivity contribution in [1.29, 1.82) is 0 Å². The molecule has 0 amide bonds. The molecule has 132 valence electrons. The SMILES string of the molecule is Cc1ccc(C(=O)/C=C2/C=C(c3ccc(F)cc3)Oc3ccccc32)cc1. The van der Waals surface area contributed by atoms with Crippen LogP contribution in [0.1, 0.15) is 27.0 Å². The van der Waals surface area contributed by atoms with E-state index < -0.39 is 0 Å². The van der Waals surface area contributed by atoms with Gasteiger partial charge in [0.05, 0.1) is 0 Å². The molecule has 0 radical (unpaired) electrons. The molecule has 1 aliphatic heterocycles. The molecule has 0 aromatic heterocycles. The Balaban J connectivity index is 1.77. The summed E-state index contributed by atoms with van der Waals surface area (Å²) in [5.74, 6) is 0.872. The van der Waals surface area contributed by atoms with Crippen molar-refractivity contribution in [1.82, 2.24) is 0 Å². The van der Waals surface area contributed by atoms with Gasteiger partial charge in [0, 0.05) is 16.7 Å². The standard InChI is InChI=1S/C24H17FO2/c1-16-6-8-17(9-7-16)22(26)14-19-15-24(18-10-12-20(25)13-11-18)27-23-5-3-2-4-21(19)23/h2-15H,1H3/b19-14-. The lowest BCUT2D eigenvalue weighted by Crippen LogP contribution is -2.05. The number of hydrogen-bond acceptors (Lipinski definition) is 2. The second-order valence-corrected chi connectivity index (χ2v) is 6.44. The molecule has 27 heavy (non-hydrogen) atoms. The van der Waals surface area contributed by atoms with Crippen LogP contribution in [0.5, 0.6) is 5.75 Å². The second-order valence-electron chi connectivity index (χ2n) is 6.44. The average Bonchev–Trinajstić information content (AvgIpc) is 2.69. The van der Waals surface area contributed by atoms with Crippen LogP contribution in [0.2, 0.25) is 0 Å². The van der Waals surface area contributed by atoms with E-state index >= 15 is 0 Å². The first kappa shape index (κ1) is 17.0. The highest BCUT2D eigenvalue weighted by Crippen LogP contribution is 2.37. The minimum absolute atomic E-state index is 0.0728. The Morgan fingerprint density at radius 3 is 2.37 bits per heavy atom. The number of ether oxygens (including phenoxy) is 1. The van der Waals surface area contributed by atoms with Gasteiger partial charge in [0.25, 0.3) is 0 Å². The van der Waals surface area contributed by atoms with Gasteiger partial charge in [0.15, 0.2) is 5.78 Å². The van der Waals surface area contributed by atoms with Crippen LogP contribution in [0.15, 0.2) is 84.9 Å². The van der Waals surface area contributed by atoms with Gasteiger partial charge in [-0.3, -0.25) is 4.79 Å². The van der Waals surface area contributed by atoms with Crippen molar-refractivity contribution in [2.45, 2.75) is 6.92 Å². The minimum Gasteiger partial charge on any atom is -0.456 e. The van der Waals surface area contributed by atoms with Crippen molar-refractivity contribution in [2.24, 2.45) is 0 Å². The normalized spacial score (nSPS) is 14.3. The number of ketones is 1. The number of benzene rings is 3. The highest BCUT2D eigenvalue weighted by atomic mass is 19.1. The molecule has 1 heterocycles. The number of halogens is 1. The number of carbonyl (C=O) groups is 1. The Morgan fingerprint density at radius 2 is 1.63 bits per heavy atom. The fraction of sp³-hybridized carbons (Fsp3) is 0.0417. The zero-order valence-corrected chi connectivity index (χ0v) is 14.8. The van der Waals surface area contributed by atoms with Gasteiger partial charge in [-0.25, -0.2) is 4.39 Å². The summed E-state index contributed by atoms with van der Waals surface area (Å²) in [4.78, 5) is 12.7. The third-order valence-corrected chi connectivity index (χ3v) is 4.46. The smallest absolute Gasteiger partial charge is 0.186 e. The van der Waals surface area contributed by atoms with E-state index in [1.54, 1.807) is 18.2 Å². The van der Waals surface area contributed by atoms with Crippen LogP contribution in [-0.2, 0) is 0 Å². The quantitative estimate of drug-likeness (QED) is 0.436. The van der Waals surface area contributed by atoms with Gasteiger partial charge in [0.2, 0.25) is 0 Å². The van der Waals surface area contributed by atoms with Crippen molar-refractivity contribution < 1.29 is 13.9 Å². The fourth-order valence-corrected chi connectivity index (χ4v) is 2.98. The first-order chi connectivity index (χ1) is 13.1. The molecule has 3 aromatic carbocycles. The molecule has 3 aromatic rings. The predicted octanol–water partition coefficient (Wildman–Crippen LogP) is 5.83. The largest absolute Gasteiger partial charge is 0.456 e. The number of aryl methyl sites for hydroxylation is 1. The maximum atomic E-state index is 13.2. The summed E-state index contributed by atoms with van der Waals surface area (Å²) in [7, 11) is 0. The van der Waals surface area contributed by atoms with E-state index in [2.05, 4.69) is 0 Å². The minimum atomic E-state index is -0.305. The van der Waals surface area contributed by atoms with Crippen LogP contribution >= 0.6 is 0 Å². The van der Waals surface area contributed by atoms with Gasteiger partial charge in [-0.15, -0.1) is 0 Å². The topological polar surface area (TPSA) is 26.3 Å². The van der Waals surface area contributed by atoms with Crippen molar-refractivity contribution in [2.75, 3.05) is 0 Å². The number of fused-ring (bicyclic) bond motifs is 1. The highest BCUT2D eigenvalue weighted by Gasteiger charge is 2.18. The summed E-state index contributed by atoms with van der Waals surface area (Å²) in [5.41, 5.74) is 4.10. The molecule has 4 rings (SSSR count). The zero-order chi connectivity index (χ0) is 18.8. The lowest BCUT2D eigenvalue weighted by atomic mass is 9.97. The van der Waals surface area contributed by atoms with Gasteiger partial charge in [-0.05, 0) is 55.0 Å². The molecule has 0 N–H and O–H groups in total. The van der Waals surface area contributed by atoms with Gasteiger partial charge < -0.3 is 4.74 Å². The van der Waals surface area contributed by atoms with Crippen LogP contribution in [0.3, 0.4) is 0 Å². The van der Waals surface area contributed by atoms with Crippen LogP contribution in [0, 0.1) is 12.7 Å². The van der Waals surface area contributed by atoms with Gasteiger partial charge in [0.1, 0.15) is 17.3 Å². The van der Waals surface area contributed by atoms with Crippen molar-refractivity contribution >= 4 is 17.1 Å². The molecule has 0 atom stereocenters. The van der Waals surface area contributed by atoms with Crippen molar-refractivity contribution in [3.05, 3.63) is 113 Å². The number of allylic oxidation sites excluding steroid dienone is 3. The Morgan fingerprint density at radius 1 is 0.926 bits per heavy atom. The summed E-state index contributed by atoms with van der Waals surface area (Å²) >= 11 is 0. The van der Waals surface area contributed by atoms with Gasteiger partial charge >= 0.3 is 0 Å². The molecule has 0 saturated heterocycles. The third-order valence-electron chi connectivity index (χ3n) is 4.46. The number of para-hydroxylation sites is 1. The predicted molar refractivity (Wildman–Crippen MR) is 105 cm³/mol. The first-order valence-electron chi connectivity index (χ1n) is 8.68. The molecule has 0 saturated carbocycles. The average molecular weight is 356 g/mol. The van der Waals surface area contributed by atoms with Crippen molar-refractivity contribution in [3.8, 4) is 5.75 Å². The zero-order valence-electron chi connectivity index (χ0n) is 14.8. The second kappa shape index (κ2) is 7.04.